The third-order valence-corrected chi connectivity index (χ3v) is 4.69. The predicted octanol–water partition coefficient (Wildman–Crippen LogP) is 3.87. The Bertz CT molecular complexity index is 439. The molecule has 0 spiro atoms. The first-order valence-electron chi connectivity index (χ1n) is 6.58. The van der Waals surface area contributed by atoms with E-state index in [9.17, 15) is 13.2 Å². The zero-order chi connectivity index (χ0) is 13.8. The van der Waals surface area contributed by atoms with Gasteiger partial charge in [0.15, 0.2) is 11.6 Å². The molecular formula is C14H18F3NS. The van der Waals surface area contributed by atoms with Crippen LogP contribution < -0.4 is 5.32 Å². The van der Waals surface area contributed by atoms with Crippen LogP contribution in [-0.4, -0.2) is 17.0 Å². The van der Waals surface area contributed by atoms with Gasteiger partial charge in [-0.2, -0.15) is 11.8 Å². The van der Waals surface area contributed by atoms with Crippen LogP contribution in [0.25, 0.3) is 0 Å². The molecule has 1 fully saturated rings. The summed E-state index contributed by atoms with van der Waals surface area (Å²) < 4.78 is 39.3. The molecule has 1 aromatic rings. The zero-order valence-corrected chi connectivity index (χ0v) is 11.7. The second-order valence-corrected chi connectivity index (χ2v) is 6.40. The minimum absolute atomic E-state index is 0.186. The molecular weight excluding hydrogens is 271 g/mol. The van der Waals surface area contributed by atoms with E-state index < -0.39 is 17.5 Å². The quantitative estimate of drug-likeness (QED) is 0.826. The molecule has 0 heterocycles. The van der Waals surface area contributed by atoms with Crippen molar-refractivity contribution < 1.29 is 13.2 Å². The van der Waals surface area contributed by atoms with Crippen LogP contribution in [0.4, 0.5) is 13.2 Å². The van der Waals surface area contributed by atoms with Gasteiger partial charge in [0, 0.05) is 29.5 Å². The van der Waals surface area contributed by atoms with Gasteiger partial charge in [0.1, 0.15) is 5.82 Å². The van der Waals surface area contributed by atoms with E-state index >= 15 is 0 Å². The second kappa shape index (κ2) is 6.66. The molecule has 0 aromatic heterocycles. The highest BCUT2D eigenvalue weighted by Gasteiger charge is 2.24. The largest absolute Gasteiger partial charge is 0.310 e. The summed E-state index contributed by atoms with van der Waals surface area (Å²) in [7, 11) is 0. The molecule has 0 saturated heterocycles. The molecule has 0 bridgehead atoms. The van der Waals surface area contributed by atoms with E-state index in [0.717, 1.165) is 31.1 Å². The van der Waals surface area contributed by atoms with Crippen LogP contribution in [0.1, 0.15) is 31.7 Å². The number of nitrogens with one attached hydrogen (secondary N) is 1. The Morgan fingerprint density at radius 1 is 1.16 bits per heavy atom. The fraction of sp³-hybridized carbons (Fsp3) is 0.571. The van der Waals surface area contributed by atoms with Crippen LogP contribution in [0.3, 0.4) is 0 Å². The minimum Gasteiger partial charge on any atom is -0.310 e. The Hall–Kier alpha value is -0.680. The first-order valence-corrected chi connectivity index (χ1v) is 7.63. The van der Waals surface area contributed by atoms with E-state index in [1.807, 2.05) is 11.8 Å². The highest BCUT2D eigenvalue weighted by Crippen LogP contribution is 2.29. The van der Waals surface area contributed by atoms with Crippen molar-refractivity contribution in [2.45, 2.75) is 44.0 Å². The Balaban J connectivity index is 1.88. The van der Waals surface area contributed by atoms with Crippen molar-refractivity contribution >= 4 is 11.8 Å². The first kappa shape index (κ1) is 14.7. The summed E-state index contributed by atoms with van der Waals surface area (Å²) in [6, 6.07) is 1.89. The van der Waals surface area contributed by atoms with E-state index in [1.54, 1.807) is 0 Å². The second-order valence-electron chi connectivity index (χ2n) is 4.83. The van der Waals surface area contributed by atoms with Crippen LogP contribution >= 0.6 is 11.8 Å². The lowest BCUT2D eigenvalue weighted by atomic mass is 10.1. The molecule has 5 heteroatoms. The third-order valence-electron chi connectivity index (χ3n) is 3.46. The van der Waals surface area contributed by atoms with Gasteiger partial charge >= 0.3 is 0 Å². The lowest BCUT2D eigenvalue weighted by Gasteiger charge is -2.13. The minimum atomic E-state index is -1.14. The average molecular weight is 289 g/mol. The van der Waals surface area contributed by atoms with Crippen LogP contribution in [-0.2, 0) is 6.54 Å². The standard InChI is InChI=1S/C14H18F3NS/c1-2-19-11-4-3-10(6-11)18-8-9-5-13(16)14(17)7-12(9)15/h5,7,10-11,18H,2-4,6,8H2,1H3. The Labute approximate surface area is 116 Å². The Morgan fingerprint density at radius 3 is 2.63 bits per heavy atom. The van der Waals surface area contributed by atoms with Gasteiger partial charge in [-0.15, -0.1) is 0 Å². The number of benzene rings is 1. The molecule has 1 saturated carbocycles. The molecule has 0 radical (unpaired) electrons. The molecule has 2 rings (SSSR count). The molecule has 2 unspecified atom stereocenters. The van der Waals surface area contributed by atoms with Crippen molar-refractivity contribution in [3.05, 3.63) is 35.1 Å². The van der Waals surface area contributed by atoms with Gasteiger partial charge < -0.3 is 5.32 Å². The average Bonchev–Trinajstić information content (AvgIpc) is 2.80. The molecule has 0 aliphatic heterocycles. The van der Waals surface area contributed by atoms with Gasteiger partial charge in [0.2, 0.25) is 0 Å². The first-order chi connectivity index (χ1) is 9.10. The van der Waals surface area contributed by atoms with E-state index in [0.29, 0.717) is 17.4 Å². The number of hydrogen-bond donors (Lipinski definition) is 1. The van der Waals surface area contributed by atoms with Gasteiger partial charge in [-0.05, 0) is 31.1 Å². The van der Waals surface area contributed by atoms with E-state index in [2.05, 4.69) is 12.2 Å². The van der Waals surface area contributed by atoms with Crippen LogP contribution in [0.15, 0.2) is 12.1 Å². The van der Waals surface area contributed by atoms with Crippen molar-refractivity contribution in [3.8, 4) is 0 Å². The molecule has 1 nitrogen and oxygen atoms in total. The maximum atomic E-state index is 13.5. The Kier molecular flexibility index (Phi) is 5.16. The molecule has 1 aromatic carbocycles. The summed E-state index contributed by atoms with van der Waals surface area (Å²) in [5.41, 5.74) is 0.186. The van der Waals surface area contributed by atoms with Crippen LogP contribution in [0.2, 0.25) is 0 Å². The van der Waals surface area contributed by atoms with Gasteiger partial charge in [0.05, 0.1) is 0 Å². The molecule has 0 amide bonds. The monoisotopic (exact) mass is 289 g/mol. The normalized spacial score (nSPS) is 22.9. The summed E-state index contributed by atoms with van der Waals surface area (Å²) in [5.74, 6) is -1.72. The van der Waals surface area contributed by atoms with Gasteiger partial charge in [0.25, 0.3) is 0 Å². The fourth-order valence-electron chi connectivity index (χ4n) is 2.47. The van der Waals surface area contributed by atoms with Gasteiger partial charge in [-0.25, -0.2) is 13.2 Å². The van der Waals surface area contributed by atoms with E-state index in [4.69, 9.17) is 0 Å². The fourth-order valence-corrected chi connectivity index (χ4v) is 3.61. The summed E-state index contributed by atoms with van der Waals surface area (Å²) in [5, 5.41) is 3.90. The molecule has 1 aliphatic carbocycles. The van der Waals surface area contributed by atoms with Crippen molar-refractivity contribution in [3.63, 3.8) is 0 Å². The van der Waals surface area contributed by atoms with Crippen molar-refractivity contribution in [2.75, 3.05) is 5.75 Å². The zero-order valence-electron chi connectivity index (χ0n) is 10.9. The molecule has 2 atom stereocenters. The lowest BCUT2D eigenvalue weighted by molar-refractivity contribution is 0.476. The smallest absolute Gasteiger partial charge is 0.161 e. The van der Waals surface area contributed by atoms with Crippen molar-refractivity contribution in [2.24, 2.45) is 0 Å². The van der Waals surface area contributed by atoms with Crippen molar-refractivity contribution in [1.82, 2.24) is 5.32 Å². The van der Waals surface area contributed by atoms with Crippen molar-refractivity contribution in [1.29, 1.82) is 0 Å². The van der Waals surface area contributed by atoms with E-state index in [1.165, 1.54) is 0 Å². The predicted molar refractivity (Wildman–Crippen MR) is 72.7 cm³/mol. The van der Waals surface area contributed by atoms with Gasteiger partial charge in [-0.3, -0.25) is 0 Å². The SMILES string of the molecule is CCSC1CCC(NCc2cc(F)c(F)cc2F)C1. The third kappa shape index (κ3) is 3.89. The summed E-state index contributed by atoms with van der Waals surface area (Å²) in [4.78, 5) is 0. The number of halogens is 3. The maximum Gasteiger partial charge on any atom is 0.161 e. The number of hydrogen-bond acceptors (Lipinski definition) is 2. The molecule has 1 aliphatic rings. The highest BCUT2D eigenvalue weighted by molar-refractivity contribution is 7.99. The molecule has 19 heavy (non-hydrogen) atoms. The van der Waals surface area contributed by atoms with E-state index in [-0.39, 0.29) is 12.1 Å². The van der Waals surface area contributed by atoms with Crippen LogP contribution in [0.5, 0.6) is 0 Å². The maximum absolute atomic E-state index is 13.5. The summed E-state index contributed by atoms with van der Waals surface area (Å²) in [6.45, 7) is 2.39. The Morgan fingerprint density at radius 2 is 1.89 bits per heavy atom. The van der Waals surface area contributed by atoms with Crippen LogP contribution in [0, 0.1) is 17.5 Å². The molecule has 1 N–H and O–H groups in total. The summed E-state index contributed by atoms with van der Waals surface area (Å²) in [6.07, 6.45) is 3.28. The number of rotatable bonds is 5. The lowest BCUT2D eigenvalue weighted by Crippen LogP contribution is -2.26. The van der Waals surface area contributed by atoms with Gasteiger partial charge in [-0.1, -0.05) is 6.92 Å². The summed E-state index contributed by atoms with van der Waals surface area (Å²) >= 11 is 1.95. The topological polar surface area (TPSA) is 12.0 Å². The highest BCUT2D eigenvalue weighted by atomic mass is 32.2. The number of thioether (sulfide) groups is 1. The molecule has 106 valence electrons.